The molecule has 0 aliphatic heterocycles. The van der Waals surface area contributed by atoms with Gasteiger partial charge in [0.1, 0.15) is 0 Å². The minimum atomic E-state index is 0.562. The van der Waals surface area contributed by atoms with Gasteiger partial charge in [-0.2, -0.15) is 4.68 Å². The zero-order valence-electron chi connectivity index (χ0n) is 11.2. The van der Waals surface area contributed by atoms with E-state index >= 15 is 0 Å². The molecule has 2 rings (SSSR count). The van der Waals surface area contributed by atoms with Crippen molar-refractivity contribution in [1.29, 1.82) is 0 Å². The number of hydrogen-bond acceptors (Lipinski definition) is 5. The maximum Gasteiger partial charge on any atom is 0.247 e. The van der Waals surface area contributed by atoms with Crippen LogP contribution in [0.2, 0.25) is 0 Å². The van der Waals surface area contributed by atoms with Crippen molar-refractivity contribution in [1.82, 2.24) is 20.2 Å². The molecule has 1 unspecified atom stereocenters. The van der Waals surface area contributed by atoms with E-state index in [1.54, 1.807) is 4.68 Å². The zero-order valence-corrected chi connectivity index (χ0v) is 11.2. The lowest BCUT2D eigenvalue weighted by atomic mass is 10.1. The molecule has 0 saturated heterocycles. The summed E-state index contributed by atoms with van der Waals surface area (Å²) in [5.74, 6) is 1.23. The van der Waals surface area contributed by atoms with Crippen LogP contribution in [0.5, 0.6) is 0 Å². The minimum Gasteiger partial charge on any atom is -0.353 e. The van der Waals surface area contributed by atoms with Gasteiger partial charge in [0, 0.05) is 6.54 Å². The molecule has 6 heteroatoms. The van der Waals surface area contributed by atoms with Gasteiger partial charge in [-0.3, -0.25) is 0 Å². The Morgan fingerprint density at radius 3 is 2.84 bits per heavy atom. The average Bonchev–Trinajstić information content (AvgIpc) is 2.92. The molecule has 102 valence electrons. The second kappa shape index (κ2) is 6.84. The van der Waals surface area contributed by atoms with Gasteiger partial charge < -0.3 is 11.1 Å². The Labute approximate surface area is 113 Å². The molecule has 0 amide bonds. The number of nitrogens with zero attached hydrogens (tertiary/aromatic N) is 4. The van der Waals surface area contributed by atoms with Crippen LogP contribution in [0.15, 0.2) is 30.3 Å². The van der Waals surface area contributed by atoms with Gasteiger partial charge in [-0.15, -0.1) is 0 Å². The molecule has 1 aromatic heterocycles. The second-order valence-corrected chi connectivity index (χ2v) is 4.66. The molecule has 0 fully saturated rings. The SMILES string of the molecule is CC(CN)CCCNc1nnnn1-c1ccccc1. The van der Waals surface area contributed by atoms with Crippen molar-refractivity contribution in [3.05, 3.63) is 30.3 Å². The number of aromatic nitrogens is 4. The van der Waals surface area contributed by atoms with Gasteiger partial charge in [0.05, 0.1) is 5.69 Å². The van der Waals surface area contributed by atoms with Crippen molar-refractivity contribution in [3.63, 3.8) is 0 Å². The zero-order chi connectivity index (χ0) is 13.5. The Balaban J connectivity index is 1.90. The highest BCUT2D eigenvalue weighted by Gasteiger charge is 2.07. The Bertz CT molecular complexity index is 481. The molecule has 1 atom stereocenters. The van der Waals surface area contributed by atoms with E-state index in [9.17, 15) is 0 Å². The number of para-hydroxylation sites is 1. The van der Waals surface area contributed by atoms with Crippen molar-refractivity contribution in [2.45, 2.75) is 19.8 Å². The molecule has 3 N–H and O–H groups in total. The number of anilines is 1. The number of tetrazole rings is 1. The highest BCUT2D eigenvalue weighted by Crippen LogP contribution is 2.11. The molecular formula is C13H20N6. The van der Waals surface area contributed by atoms with Crippen LogP contribution in [0.25, 0.3) is 5.69 Å². The summed E-state index contributed by atoms with van der Waals surface area (Å²) in [6.45, 7) is 3.74. The Hall–Kier alpha value is -1.95. The van der Waals surface area contributed by atoms with Gasteiger partial charge in [0.2, 0.25) is 5.95 Å². The molecule has 1 heterocycles. The Morgan fingerprint density at radius 2 is 2.11 bits per heavy atom. The highest BCUT2D eigenvalue weighted by atomic mass is 15.6. The van der Waals surface area contributed by atoms with Crippen molar-refractivity contribution in [2.24, 2.45) is 11.7 Å². The summed E-state index contributed by atoms with van der Waals surface area (Å²) >= 11 is 0. The third kappa shape index (κ3) is 3.75. The van der Waals surface area contributed by atoms with E-state index in [-0.39, 0.29) is 0 Å². The van der Waals surface area contributed by atoms with Crippen molar-refractivity contribution < 1.29 is 0 Å². The number of nitrogens with one attached hydrogen (secondary N) is 1. The summed E-state index contributed by atoms with van der Waals surface area (Å²) in [4.78, 5) is 0. The number of hydrogen-bond donors (Lipinski definition) is 2. The normalized spacial score (nSPS) is 12.3. The van der Waals surface area contributed by atoms with Crippen molar-refractivity contribution in [2.75, 3.05) is 18.4 Å². The van der Waals surface area contributed by atoms with E-state index < -0.39 is 0 Å². The van der Waals surface area contributed by atoms with Crippen LogP contribution in [0.1, 0.15) is 19.8 Å². The van der Waals surface area contributed by atoms with Crippen molar-refractivity contribution >= 4 is 5.95 Å². The lowest BCUT2D eigenvalue weighted by Crippen LogP contribution is -2.13. The molecule has 0 radical (unpaired) electrons. The Morgan fingerprint density at radius 1 is 1.32 bits per heavy atom. The molecule has 0 spiro atoms. The van der Waals surface area contributed by atoms with Crippen LogP contribution in [0, 0.1) is 5.92 Å². The lowest BCUT2D eigenvalue weighted by Gasteiger charge is -2.09. The maximum atomic E-state index is 5.59. The summed E-state index contributed by atoms with van der Waals surface area (Å²) in [5, 5.41) is 15.0. The smallest absolute Gasteiger partial charge is 0.247 e. The van der Waals surface area contributed by atoms with Gasteiger partial charge >= 0.3 is 0 Å². The Kier molecular flexibility index (Phi) is 4.85. The van der Waals surface area contributed by atoms with Gasteiger partial charge in [0.15, 0.2) is 0 Å². The molecule has 0 saturated carbocycles. The van der Waals surface area contributed by atoms with Crippen LogP contribution in [-0.2, 0) is 0 Å². The molecule has 0 aliphatic rings. The molecule has 19 heavy (non-hydrogen) atoms. The van der Waals surface area contributed by atoms with Crippen LogP contribution in [0.4, 0.5) is 5.95 Å². The first-order valence-corrected chi connectivity index (χ1v) is 6.59. The maximum absolute atomic E-state index is 5.59. The summed E-state index contributed by atoms with van der Waals surface area (Å²) in [6, 6.07) is 9.83. The molecule has 1 aromatic carbocycles. The predicted molar refractivity (Wildman–Crippen MR) is 75.1 cm³/mol. The topological polar surface area (TPSA) is 81.7 Å². The van der Waals surface area contributed by atoms with E-state index in [4.69, 9.17) is 5.73 Å². The fourth-order valence-electron chi connectivity index (χ4n) is 1.81. The quantitative estimate of drug-likeness (QED) is 0.736. The van der Waals surface area contributed by atoms with Crippen LogP contribution in [0.3, 0.4) is 0 Å². The first-order valence-electron chi connectivity index (χ1n) is 6.59. The fourth-order valence-corrected chi connectivity index (χ4v) is 1.81. The van der Waals surface area contributed by atoms with Gasteiger partial charge in [-0.1, -0.05) is 30.2 Å². The molecule has 0 aliphatic carbocycles. The van der Waals surface area contributed by atoms with Crippen molar-refractivity contribution in [3.8, 4) is 5.69 Å². The monoisotopic (exact) mass is 260 g/mol. The summed E-state index contributed by atoms with van der Waals surface area (Å²) in [6.07, 6.45) is 2.16. The standard InChI is InChI=1S/C13H20N6/c1-11(10-14)6-5-9-15-13-16-17-18-19(13)12-7-3-2-4-8-12/h2-4,7-8,11H,5-6,9-10,14H2,1H3,(H,15,16,18). The third-order valence-electron chi connectivity index (χ3n) is 3.03. The van der Waals surface area contributed by atoms with Crippen LogP contribution in [-0.4, -0.2) is 33.3 Å². The van der Waals surface area contributed by atoms with E-state index in [0.29, 0.717) is 11.9 Å². The van der Waals surface area contributed by atoms with E-state index in [2.05, 4.69) is 27.8 Å². The first kappa shape index (κ1) is 13.5. The minimum absolute atomic E-state index is 0.562. The van der Waals surface area contributed by atoms with Gasteiger partial charge in [-0.25, -0.2) is 0 Å². The second-order valence-electron chi connectivity index (χ2n) is 4.66. The van der Waals surface area contributed by atoms with Gasteiger partial charge in [0.25, 0.3) is 0 Å². The summed E-state index contributed by atoms with van der Waals surface area (Å²) < 4.78 is 1.70. The van der Waals surface area contributed by atoms with Gasteiger partial charge in [-0.05, 0) is 47.9 Å². The van der Waals surface area contributed by atoms with Crippen LogP contribution >= 0.6 is 0 Å². The summed E-state index contributed by atoms with van der Waals surface area (Å²) in [5.41, 5.74) is 6.54. The number of rotatable bonds is 7. The van der Waals surface area contributed by atoms with Crippen LogP contribution < -0.4 is 11.1 Å². The first-order chi connectivity index (χ1) is 9.31. The van der Waals surface area contributed by atoms with E-state index in [1.165, 1.54) is 0 Å². The number of benzene rings is 1. The molecular weight excluding hydrogens is 240 g/mol. The fraction of sp³-hybridized carbons (Fsp3) is 0.462. The van der Waals surface area contributed by atoms with E-state index in [1.807, 2.05) is 30.3 Å². The average molecular weight is 260 g/mol. The number of nitrogens with two attached hydrogens (primary N) is 1. The largest absolute Gasteiger partial charge is 0.353 e. The predicted octanol–water partition coefficient (Wildman–Crippen LogP) is 1.45. The summed E-state index contributed by atoms with van der Waals surface area (Å²) in [7, 11) is 0. The van der Waals surface area contributed by atoms with E-state index in [0.717, 1.165) is 31.6 Å². The molecule has 2 aromatic rings. The third-order valence-corrected chi connectivity index (χ3v) is 3.03. The molecule has 6 nitrogen and oxygen atoms in total. The lowest BCUT2D eigenvalue weighted by molar-refractivity contribution is 0.529. The molecule has 0 bridgehead atoms. The highest BCUT2D eigenvalue weighted by molar-refractivity contribution is 5.38.